The van der Waals surface area contributed by atoms with Gasteiger partial charge in [-0.05, 0) is 12.5 Å². The maximum atomic E-state index is 9.07. The van der Waals surface area contributed by atoms with Crippen LogP contribution in [-0.2, 0) is 0 Å². The Morgan fingerprint density at radius 1 is 1.44 bits per heavy atom. The van der Waals surface area contributed by atoms with Crippen molar-refractivity contribution in [3.05, 3.63) is 23.5 Å². The van der Waals surface area contributed by atoms with E-state index >= 15 is 0 Å². The summed E-state index contributed by atoms with van der Waals surface area (Å²) in [6.45, 7) is 5.68. The van der Waals surface area contributed by atoms with E-state index in [0.717, 1.165) is 38.3 Å². The van der Waals surface area contributed by atoms with Gasteiger partial charge >= 0.3 is 0 Å². The van der Waals surface area contributed by atoms with E-state index in [0.29, 0.717) is 5.02 Å². The molecule has 0 radical (unpaired) electrons. The normalized spacial score (nSPS) is 18.4. The lowest BCUT2D eigenvalue weighted by molar-refractivity contribution is 0.216. The summed E-state index contributed by atoms with van der Waals surface area (Å²) in [5, 5.41) is 9.76. The molecule has 18 heavy (non-hydrogen) atoms. The Morgan fingerprint density at radius 2 is 2.17 bits per heavy atom. The second-order valence-electron chi connectivity index (χ2n) is 4.40. The van der Waals surface area contributed by atoms with Gasteiger partial charge in [0.25, 0.3) is 0 Å². The molecule has 1 saturated heterocycles. The van der Waals surface area contributed by atoms with Gasteiger partial charge < -0.3 is 4.90 Å². The van der Waals surface area contributed by atoms with E-state index in [2.05, 4.69) is 27.8 Å². The Kier molecular flexibility index (Phi) is 4.40. The molecule has 1 fully saturated rings. The molecule has 1 aliphatic rings. The molecule has 0 spiro atoms. The third-order valence-electron chi connectivity index (χ3n) is 3.38. The topological polar surface area (TPSA) is 43.2 Å². The molecule has 0 aliphatic carbocycles. The van der Waals surface area contributed by atoms with Gasteiger partial charge in [-0.3, -0.25) is 9.88 Å². The average molecular weight is 265 g/mol. The van der Waals surface area contributed by atoms with Crippen LogP contribution in [0.5, 0.6) is 0 Å². The maximum absolute atomic E-state index is 9.07. The number of halogens is 1. The predicted octanol–water partition coefficient (Wildman–Crippen LogP) is 2.16. The van der Waals surface area contributed by atoms with Gasteiger partial charge in [-0.1, -0.05) is 18.5 Å². The van der Waals surface area contributed by atoms with E-state index in [4.69, 9.17) is 16.9 Å². The Balaban J connectivity index is 1.99. The first-order chi connectivity index (χ1) is 8.76. The Bertz CT molecular complexity index is 435. The molecule has 0 amide bonds. The van der Waals surface area contributed by atoms with Gasteiger partial charge in [-0.2, -0.15) is 5.26 Å². The highest BCUT2D eigenvalue weighted by Crippen LogP contribution is 2.25. The lowest BCUT2D eigenvalue weighted by atomic mass is 10.1. The highest BCUT2D eigenvalue weighted by molar-refractivity contribution is 6.33. The molecule has 2 heterocycles. The van der Waals surface area contributed by atoms with E-state index in [1.807, 2.05) is 6.07 Å². The van der Waals surface area contributed by atoms with Crippen LogP contribution in [0.3, 0.4) is 0 Å². The number of hydrogen-bond donors (Lipinski definition) is 0. The smallest absolute Gasteiger partial charge is 0.0976 e. The van der Waals surface area contributed by atoms with Gasteiger partial charge in [0, 0.05) is 38.6 Å². The number of aromatic nitrogens is 1. The van der Waals surface area contributed by atoms with Gasteiger partial charge in [0.1, 0.15) is 0 Å². The van der Waals surface area contributed by atoms with E-state index in [1.165, 1.54) is 0 Å². The molecule has 1 aromatic rings. The fourth-order valence-electron chi connectivity index (χ4n) is 2.33. The number of anilines is 1. The summed E-state index contributed by atoms with van der Waals surface area (Å²) in [4.78, 5) is 8.49. The third-order valence-corrected chi connectivity index (χ3v) is 3.67. The lowest BCUT2D eigenvalue weighted by Gasteiger charge is -2.38. The summed E-state index contributed by atoms with van der Waals surface area (Å²) in [6.07, 6.45) is 4.32. The van der Waals surface area contributed by atoms with Crippen molar-refractivity contribution in [3.63, 3.8) is 0 Å². The van der Waals surface area contributed by atoms with Crippen molar-refractivity contribution in [2.75, 3.05) is 31.1 Å². The minimum atomic E-state index is 0.0417. The second-order valence-corrected chi connectivity index (χ2v) is 4.81. The Morgan fingerprint density at radius 3 is 2.72 bits per heavy atom. The summed E-state index contributed by atoms with van der Waals surface area (Å²) in [6, 6.07) is 4.34. The van der Waals surface area contributed by atoms with E-state index in [9.17, 15) is 0 Å². The Labute approximate surface area is 113 Å². The molecule has 1 atom stereocenters. The van der Waals surface area contributed by atoms with Crippen LogP contribution in [0, 0.1) is 11.3 Å². The minimum absolute atomic E-state index is 0.0417. The van der Waals surface area contributed by atoms with Gasteiger partial charge in [0.2, 0.25) is 0 Å². The van der Waals surface area contributed by atoms with Gasteiger partial charge in [-0.15, -0.1) is 0 Å². The molecule has 1 aromatic heterocycles. The first-order valence-electron chi connectivity index (χ1n) is 6.24. The first kappa shape index (κ1) is 13.1. The van der Waals surface area contributed by atoms with Crippen LogP contribution in [0.2, 0.25) is 5.02 Å². The summed E-state index contributed by atoms with van der Waals surface area (Å²) >= 11 is 6.14. The summed E-state index contributed by atoms with van der Waals surface area (Å²) in [5.41, 5.74) is 1.04. The number of hydrogen-bond acceptors (Lipinski definition) is 4. The number of piperazine rings is 1. The monoisotopic (exact) mass is 264 g/mol. The van der Waals surface area contributed by atoms with Crippen LogP contribution in [-0.4, -0.2) is 42.1 Å². The molecule has 0 bridgehead atoms. The van der Waals surface area contributed by atoms with Crippen LogP contribution in [0.25, 0.3) is 0 Å². The zero-order valence-corrected chi connectivity index (χ0v) is 11.3. The van der Waals surface area contributed by atoms with Crippen molar-refractivity contribution in [2.24, 2.45) is 0 Å². The third kappa shape index (κ3) is 2.74. The van der Waals surface area contributed by atoms with Gasteiger partial charge in [-0.25, -0.2) is 0 Å². The number of nitrogens with zero attached hydrogens (tertiary/aromatic N) is 4. The van der Waals surface area contributed by atoms with Crippen molar-refractivity contribution in [2.45, 2.75) is 19.4 Å². The van der Waals surface area contributed by atoms with E-state index < -0.39 is 0 Å². The molecule has 1 aliphatic heterocycles. The molecule has 4 nitrogen and oxygen atoms in total. The largest absolute Gasteiger partial charge is 0.368 e. The zero-order valence-electron chi connectivity index (χ0n) is 10.5. The molecule has 0 saturated carbocycles. The highest BCUT2D eigenvalue weighted by atomic mass is 35.5. The maximum Gasteiger partial charge on any atom is 0.0976 e. The quantitative estimate of drug-likeness (QED) is 0.839. The van der Waals surface area contributed by atoms with E-state index in [-0.39, 0.29) is 6.04 Å². The molecule has 0 N–H and O–H groups in total. The molecular formula is C13H17ClN4. The predicted molar refractivity (Wildman–Crippen MR) is 72.7 cm³/mol. The number of nitriles is 1. The van der Waals surface area contributed by atoms with Crippen LogP contribution in [0.1, 0.15) is 13.3 Å². The zero-order chi connectivity index (χ0) is 13.0. The van der Waals surface area contributed by atoms with Gasteiger partial charge in [0.05, 0.1) is 22.8 Å². The molecule has 5 heteroatoms. The van der Waals surface area contributed by atoms with Crippen LogP contribution in [0.4, 0.5) is 5.69 Å². The summed E-state index contributed by atoms with van der Waals surface area (Å²) in [7, 11) is 0. The fourth-order valence-corrected chi connectivity index (χ4v) is 2.57. The Hall–Kier alpha value is -1.31. The van der Waals surface area contributed by atoms with Crippen molar-refractivity contribution in [3.8, 4) is 6.07 Å². The van der Waals surface area contributed by atoms with Crippen LogP contribution >= 0.6 is 11.6 Å². The highest BCUT2D eigenvalue weighted by Gasteiger charge is 2.23. The molecule has 1 unspecified atom stereocenters. The average Bonchev–Trinajstić information content (AvgIpc) is 2.42. The summed E-state index contributed by atoms with van der Waals surface area (Å²) < 4.78 is 0. The van der Waals surface area contributed by atoms with Crippen molar-refractivity contribution in [1.29, 1.82) is 5.26 Å². The fraction of sp³-hybridized carbons (Fsp3) is 0.538. The molecule has 2 rings (SSSR count). The molecule has 96 valence electrons. The SMILES string of the molecule is CCC(C#N)N1CCN(c2ccncc2Cl)CC1. The number of pyridine rings is 1. The van der Waals surface area contributed by atoms with Gasteiger partial charge in [0.15, 0.2) is 0 Å². The minimum Gasteiger partial charge on any atom is -0.368 e. The second kappa shape index (κ2) is 6.03. The van der Waals surface area contributed by atoms with Crippen LogP contribution < -0.4 is 4.90 Å². The van der Waals surface area contributed by atoms with Crippen molar-refractivity contribution < 1.29 is 0 Å². The number of rotatable bonds is 3. The van der Waals surface area contributed by atoms with E-state index in [1.54, 1.807) is 12.4 Å². The first-order valence-corrected chi connectivity index (χ1v) is 6.62. The molecular weight excluding hydrogens is 248 g/mol. The standard InChI is InChI=1S/C13H17ClN4/c1-2-11(9-15)17-5-7-18(8-6-17)13-3-4-16-10-12(13)14/h3-4,10-11H,2,5-8H2,1H3. The lowest BCUT2D eigenvalue weighted by Crippen LogP contribution is -2.50. The van der Waals surface area contributed by atoms with Crippen LogP contribution in [0.15, 0.2) is 18.5 Å². The molecule has 0 aromatic carbocycles. The summed E-state index contributed by atoms with van der Waals surface area (Å²) in [5.74, 6) is 0. The van der Waals surface area contributed by atoms with Crippen molar-refractivity contribution in [1.82, 2.24) is 9.88 Å². The van der Waals surface area contributed by atoms with Crippen molar-refractivity contribution >= 4 is 17.3 Å².